The topological polar surface area (TPSA) is 47.8 Å². The van der Waals surface area contributed by atoms with Gasteiger partial charge in [-0.3, -0.25) is 0 Å². The molecule has 0 spiro atoms. The second-order valence-electron chi connectivity index (χ2n) is 7.24. The zero-order chi connectivity index (χ0) is 19.2. The lowest BCUT2D eigenvalue weighted by Gasteiger charge is -2.15. The smallest absolute Gasteiger partial charge is 0.338 e. The van der Waals surface area contributed by atoms with E-state index in [9.17, 15) is 4.79 Å². The van der Waals surface area contributed by atoms with Gasteiger partial charge in [0.2, 0.25) is 12.5 Å². The highest BCUT2D eigenvalue weighted by Gasteiger charge is 2.43. The van der Waals surface area contributed by atoms with Crippen LogP contribution in [0.1, 0.15) is 35.3 Å². The molecule has 0 radical (unpaired) electrons. The van der Waals surface area contributed by atoms with Gasteiger partial charge in [-0.2, -0.15) is 4.58 Å². The fourth-order valence-electron chi connectivity index (χ4n) is 3.78. The van der Waals surface area contributed by atoms with Crippen molar-refractivity contribution in [3.05, 3.63) is 59.2 Å². The van der Waals surface area contributed by atoms with E-state index in [1.54, 1.807) is 0 Å². The number of halogens is 1. The lowest BCUT2D eigenvalue weighted by atomic mass is 9.81. The van der Waals surface area contributed by atoms with E-state index in [1.165, 1.54) is 12.7 Å². The van der Waals surface area contributed by atoms with Gasteiger partial charge in [-0.05, 0) is 43.7 Å². The first kappa shape index (κ1) is 20.4. The van der Waals surface area contributed by atoms with Gasteiger partial charge >= 0.3 is 5.97 Å². The highest BCUT2D eigenvalue weighted by atomic mass is 127. The lowest BCUT2D eigenvalue weighted by molar-refractivity contribution is -0.401. The Balaban J connectivity index is 0.00000225. The van der Waals surface area contributed by atoms with Gasteiger partial charge < -0.3 is 38.2 Å². The molecule has 146 valence electrons. The molecule has 28 heavy (non-hydrogen) atoms. The normalized spacial score (nSPS) is 16.1. The number of hydrogen-bond acceptors (Lipinski definition) is 4. The number of carbonyl (C=O) groups excluding carboxylic acids is 1. The van der Waals surface area contributed by atoms with Crippen LogP contribution in [0.15, 0.2) is 42.5 Å². The van der Waals surface area contributed by atoms with Crippen LogP contribution in [0.25, 0.3) is 6.08 Å². The number of carbonyl (C=O) groups is 1. The van der Waals surface area contributed by atoms with Crippen LogP contribution in [-0.4, -0.2) is 37.2 Å². The Labute approximate surface area is 181 Å². The van der Waals surface area contributed by atoms with Gasteiger partial charge in [-0.1, -0.05) is 12.1 Å². The number of allylic oxidation sites excluding steroid dienone is 1. The van der Waals surface area contributed by atoms with E-state index in [0.29, 0.717) is 5.56 Å². The third-order valence-electron chi connectivity index (χ3n) is 5.29. The second-order valence-corrected chi connectivity index (χ2v) is 7.24. The monoisotopic (exact) mass is 491 g/mol. The Hall–Kier alpha value is -2.35. The molecule has 0 amide bonds. The molecule has 2 heterocycles. The summed E-state index contributed by atoms with van der Waals surface area (Å²) in [6.45, 7) is 4.65. The van der Waals surface area contributed by atoms with E-state index in [4.69, 9.17) is 14.2 Å². The minimum Gasteiger partial charge on any atom is -1.00 e. The molecule has 0 unspecified atom stereocenters. The van der Waals surface area contributed by atoms with Crippen LogP contribution in [-0.2, 0) is 10.2 Å². The number of ether oxygens (including phenoxy) is 3. The van der Waals surface area contributed by atoms with Crippen molar-refractivity contribution >= 4 is 23.4 Å². The Kier molecular flexibility index (Phi) is 5.52. The van der Waals surface area contributed by atoms with Gasteiger partial charge in [-0.15, -0.1) is 0 Å². The minimum atomic E-state index is -0.326. The van der Waals surface area contributed by atoms with Crippen molar-refractivity contribution in [3.8, 4) is 11.5 Å². The van der Waals surface area contributed by atoms with Crippen LogP contribution in [0.5, 0.6) is 11.5 Å². The first-order chi connectivity index (χ1) is 12.9. The Bertz CT molecular complexity index is 1010. The maximum Gasteiger partial charge on any atom is 0.338 e. The first-order valence-electron chi connectivity index (χ1n) is 8.83. The van der Waals surface area contributed by atoms with Crippen LogP contribution in [0.3, 0.4) is 0 Å². The third-order valence-corrected chi connectivity index (χ3v) is 5.29. The number of fused-ring (bicyclic) bond motifs is 2. The molecular weight excluding hydrogens is 469 g/mol. The predicted molar refractivity (Wildman–Crippen MR) is 103 cm³/mol. The van der Waals surface area contributed by atoms with E-state index in [1.807, 2.05) is 43.4 Å². The highest BCUT2D eigenvalue weighted by molar-refractivity contribution is 6.05. The van der Waals surface area contributed by atoms with E-state index < -0.39 is 0 Å². The van der Waals surface area contributed by atoms with Crippen LogP contribution >= 0.6 is 0 Å². The largest absolute Gasteiger partial charge is 1.00 e. The molecule has 2 aromatic carbocycles. The summed E-state index contributed by atoms with van der Waals surface area (Å²) in [5.41, 5.74) is 4.78. The van der Waals surface area contributed by atoms with Crippen LogP contribution in [0, 0.1) is 0 Å². The van der Waals surface area contributed by atoms with Crippen molar-refractivity contribution in [2.24, 2.45) is 0 Å². The fraction of sp³-hybridized carbons (Fsp3) is 0.273. The lowest BCUT2D eigenvalue weighted by Crippen LogP contribution is -3.00. The van der Waals surface area contributed by atoms with Gasteiger partial charge in [-0.25, -0.2) is 4.79 Å². The van der Waals surface area contributed by atoms with Crippen molar-refractivity contribution in [1.29, 1.82) is 0 Å². The van der Waals surface area contributed by atoms with Crippen molar-refractivity contribution < 1.29 is 47.6 Å². The Morgan fingerprint density at radius 2 is 1.86 bits per heavy atom. The number of esters is 1. The van der Waals surface area contributed by atoms with Gasteiger partial charge in [0, 0.05) is 17.7 Å². The Morgan fingerprint density at radius 3 is 2.61 bits per heavy atom. The van der Waals surface area contributed by atoms with Gasteiger partial charge in [0.1, 0.15) is 7.05 Å². The average molecular weight is 491 g/mol. The molecule has 2 aromatic rings. The molecule has 0 N–H and O–H groups in total. The molecule has 0 saturated carbocycles. The minimum absolute atomic E-state index is 0. The summed E-state index contributed by atoms with van der Waals surface area (Å²) >= 11 is 0. The molecule has 0 aliphatic carbocycles. The molecule has 5 nitrogen and oxygen atoms in total. The molecule has 2 aliphatic rings. The molecule has 0 bridgehead atoms. The number of methoxy groups -OCH3 is 1. The zero-order valence-corrected chi connectivity index (χ0v) is 18.4. The van der Waals surface area contributed by atoms with Crippen LogP contribution in [0.4, 0.5) is 5.69 Å². The Morgan fingerprint density at radius 1 is 1.11 bits per heavy atom. The summed E-state index contributed by atoms with van der Waals surface area (Å²) in [5.74, 6) is 1.22. The summed E-state index contributed by atoms with van der Waals surface area (Å²) in [5, 5.41) is 0. The average Bonchev–Trinajstić information content (AvgIpc) is 3.20. The van der Waals surface area contributed by atoms with E-state index in [0.717, 1.165) is 28.5 Å². The number of benzene rings is 2. The number of nitrogens with zero attached hydrogens (tertiary/aromatic N) is 1. The molecule has 0 aromatic heterocycles. The van der Waals surface area contributed by atoms with Crippen LogP contribution < -0.4 is 33.5 Å². The summed E-state index contributed by atoms with van der Waals surface area (Å²) in [6.07, 6.45) is 4.19. The van der Waals surface area contributed by atoms with Crippen molar-refractivity contribution in [2.75, 3.05) is 21.0 Å². The standard InChI is InChI=1S/C22H22NO4.HI/c1-22(2)16-8-7-15(21(24)25-4)12-17(16)23(3)20(22)10-6-14-5-9-18-19(11-14)27-13-26-18;/h5-12H,13H2,1-4H3;1H/q+1;/p-1/b10-6+;. The number of hydrogen-bond donors (Lipinski definition) is 0. The van der Waals surface area contributed by atoms with E-state index >= 15 is 0 Å². The first-order valence-corrected chi connectivity index (χ1v) is 8.83. The summed E-state index contributed by atoms with van der Waals surface area (Å²) in [4.78, 5) is 11.9. The zero-order valence-electron chi connectivity index (χ0n) is 16.3. The quantitative estimate of drug-likeness (QED) is 0.364. The molecule has 6 heteroatoms. The van der Waals surface area contributed by atoms with E-state index in [2.05, 4.69) is 30.6 Å². The second kappa shape index (κ2) is 7.58. The molecule has 0 fully saturated rings. The van der Waals surface area contributed by atoms with E-state index in [-0.39, 0.29) is 42.2 Å². The molecular formula is C22H22INO4. The van der Waals surface area contributed by atoms with Crippen molar-refractivity contribution in [3.63, 3.8) is 0 Å². The summed E-state index contributed by atoms with van der Waals surface area (Å²) in [7, 11) is 3.42. The molecule has 0 atom stereocenters. The molecule has 2 aliphatic heterocycles. The molecule has 4 rings (SSSR count). The predicted octanol–water partition coefficient (Wildman–Crippen LogP) is 0.925. The summed E-state index contributed by atoms with van der Waals surface area (Å²) < 4.78 is 17.8. The fourth-order valence-corrected chi connectivity index (χ4v) is 3.78. The highest BCUT2D eigenvalue weighted by Crippen LogP contribution is 2.40. The van der Waals surface area contributed by atoms with Gasteiger partial charge in [0.05, 0.1) is 18.1 Å². The van der Waals surface area contributed by atoms with Crippen LogP contribution in [0.2, 0.25) is 0 Å². The number of rotatable bonds is 3. The SMILES string of the molecule is COC(=O)c1ccc2c(c1)[N+](C)=C(/C=C/c1ccc3c(c1)OCO3)C2(C)C.[I-]. The van der Waals surface area contributed by atoms with Gasteiger partial charge in [0.25, 0.3) is 0 Å². The van der Waals surface area contributed by atoms with Gasteiger partial charge in [0.15, 0.2) is 17.2 Å². The third kappa shape index (κ3) is 3.30. The maximum atomic E-state index is 11.9. The molecule has 0 saturated heterocycles. The maximum absolute atomic E-state index is 11.9. The van der Waals surface area contributed by atoms with Crippen molar-refractivity contribution in [1.82, 2.24) is 0 Å². The summed E-state index contributed by atoms with van der Waals surface area (Å²) in [6, 6.07) is 11.6. The van der Waals surface area contributed by atoms with Crippen molar-refractivity contribution in [2.45, 2.75) is 19.3 Å².